The van der Waals surface area contributed by atoms with Crippen molar-refractivity contribution in [2.45, 2.75) is 193 Å². The normalized spacial score (nSPS) is 14.8. The average molecular weight is 729 g/mol. The molecule has 296 valence electrons. The first-order valence-corrected chi connectivity index (χ1v) is 22.1. The van der Waals surface area contributed by atoms with Gasteiger partial charge in [-0.05, 0) is 32.1 Å². The molecule has 0 radical (unpaired) electrons. The largest absolute Gasteiger partial charge is 0.756 e. The molecule has 0 aromatic heterocycles. The van der Waals surface area contributed by atoms with Crippen molar-refractivity contribution < 1.29 is 32.9 Å². The van der Waals surface area contributed by atoms with Crippen molar-refractivity contribution in [2.24, 2.45) is 0 Å². The Bertz CT molecular complexity index is 876. The number of unbranched alkanes of at least 4 members (excludes halogenated alkanes) is 20. The number of allylic oxidation sites excluding steroid dienone is 4. The molecule has 2 N–H and O–H groups in total. The van der Waals surface area contributed by atoms with Gasteiger partial charge in [-0.1, -0.05) is 167 Å². The maximum absolute atomic E-state index is 12.8. The van der Waals surface area contributed by atoms with Crippen LogP contribution in [0.15, 0.2) is 24.3 Å². The highest BCUT2D eigenvalue weighted by Crippen LogP contribution is 2.38. The van der Waals surface area contributed by atoms with E-state index in [-0.39, 0.29) is 25.5 Å². The fourth-order valence-corrected chi connectivity index (χ4v) is 6.58. The number of hydrogen-bond donors (Lipinski definition) is 2. The number of aliphatic hydroxyl groups is 1. The van der Waals surface area contributed by atoms with Crippen LogP contribution in [0.5, 0.6) is 0 Å². The van der Waals surface area contributed by atoms with Crippen LogP contribution < -0.4 is 10.2 Å². The number of nitrogens with zero attached hydrogens (tertiary/aromatic N) is 1. The van der Waals surface area contributed by atoms with Gasteiger partial charge in [0.15, 0.2) is 0 Å². The summed E-state index contributed by atoms with van der Waals surface area (Å²) < 4.78 is 23.2. The van der Waals surface area contributed by atoms with Crippen LogP contribution in [0.1, 0.15) is 181 Å². The van der Waals surface area contributed by atoms with E-state index in [1.807, 2.05) is 27.2 Å². The van der Waals surface area contributed by atoms with Gasteiger partial charge in [0.1, 0.15) is 13.2 Å². The van der Waals surface area contributed by atoms with Gasteiger partial charge in [0.25, 0.3) is 7.82 Å². The first kappa shape index (κ1) is 49.0. The molecule has 0 heterocycles. The number of nitrogens with one attached hydrogen (secondary N) is 1. The monoisotopic (exact) mass is 729 g/mol. The highest BCUT2D eigenvalue weighted by molar-refractivity contribution is 7.45. The van der Waals surface area contributed by atoms with Crippen molar-refractivity contribution in [1.82, 2.24) is 5.32 Å². The van der Waals surface area contributed by atoms with Crippen molar-refractivity contribution in [3.63, 3.8) is 0 Å². The van der Waals surface area contributed by atoms with E-state index in [1.54, 1.807) is 0 Å². The van der Waals surface area contributed by atoms with Gasteiger partial charge in [-0.15, -0.1) is 0 Å². The van der Waals surface area contributed by atoms with Crippen molar-refractivity contribution in [1.29, 1.82) is 0 Å². The third-order valence-corrected chi connectivity index (χ3v) is 10.2. The molecule has 0 aliphatic rings. The van der Waals surface area contributed by atoms with E-state index in [2.05, 4.69) is 37.4 Å². The molecular weight excluding hydrogens is 647 g/mol. The first-order chi connectivity index (χ1) is 24.0. The summed E-state index contributed by atoms with van der Waals surface area (Å²) in [6.07, 6.45) is 37.6. The number of phosphoric acid groups is 1. The third-order valence-electron chi connectivity index (χ3n) is 9.21. The zero-order chi connectivity index (χ0) is 37.2. The van der Waals surface area contributed by atoms with Crippen LogP contribution in [0.3, 0.4) is 0 Å². The molecule has 0 aromatic carbocycles. The molecule has 3 unspecified atom stereocenters. The summed E-state index contributed by atoms with van der Waals surface area (Å²) >= 11 is 0. The molecule has 0 rings (SSSR count). The van der Waals surface area contributed by atoms with Crippen LogP contribution in [-0.4, -0.2) is 68.5 Å². The van der Waals surface area contributed by atoms with Crippen LogP contribution in [0.4, 0.5) is 0 Å². The molecule has 3 atom stereocenters. The molecule has 9 heteroatoms. The maximum atomic E-state index is 12.8. The summed E-state index contributed by atoms with van der Waals surface area (Å²) in [6, 6.07) is -0.827. The molecule has 0 aliphatic carbocycles. The van der Waals surface area contributed by atoms with E-state index in [4.69, 9.17) is 9.05 Å². The quantitative estimate of drug-likeness (QED) is 0.0285. The predicted octanol–water partition coefficient (Wildman–Crippen LogP) is 10.3. The van der Waals surface area contributed by atoms with E-state index in [9.17, 15) is 19.4 Å². The van der Waals surface area contributed by atoms with Crippen molar-refractivity contribution in [2.75, 3.05) is 40.9 Å². The Morgan fingerprint density at radius 1 is 0.700 bits per heavy atom. The Labute approximate surface area is 309 Å². The fourth-order valence-electron chi connectivity index (χ4n) is 5.85. The lowest BCUT2D eigenvalue weighted by Gasteiger charge is -2.30. The second kappa shape index (κ2) is 33.8. The zero-order valence-corrected chi connectivity index (χ0v) is 34.2. The molecule has 0 saturated heterocycles. The number of aliphatic hydroxyl groups excluding tert-OH is 1. The maximum Gasteiger partial charge on any atom is 0.268 e. The average Bonchev–Trinajstić information content (AvgIpc) is 3.06. The summed E-state index contributed by atoms with van der Waals surface area (Å²) in [5, 5.41) is 13.8. The molecule has 50 heavy (non-hydrogen) atoms. The minimum atomic E-state index is -4.57. The number of likely N-dealkylation sites (N-methyl/N-ethyl adjacent to an activating group) is 1. The Balaban J connectivity index is 4.49. The molecule has 1 amide bonds. The zero-order valence-electron chi connectivity index (χ0n) is 33.4. The number of carbonyl (C=O) groups excluding carboxylic acids is 1. The highest BCUT2D eigenvalue weighted by atomic mass is 31.2. The molecule has 0 aromatic rings. The van der Waals surface area contributed by atoms with Crippen LogP contribution in [-0.2, 0) is 18.4 Å². The van der Waals surface area contributed by atoms with Gasteiger partial charge >= 0.3 is 0 Å². The van der Waals surface area contributed by atoms with Crippen LogP contribution >= 0.6 is 7.82 Å². The minimum absolute atomic E-state index is 0.00352. The van der Waals surface area contributed by atoms with E-state index >= 15 is 0 Å². The number of rotatable bonds is 37. The summed E-state index contributed by atoms with van der Waals surface area (Å²) in [4.78, 5) is 25.2. The molecule has 0 saturated carbocycles. The minimum Gasteiger partial charge on any atom is -0.756 e. The topological polar surface area (TPSA) is 108 Å². The number of amides is 1. The summed E-state index contributed by atoms with van der Waals surface area (Å²) in [6.45, 7) is 4.65. The van der Waals surface area contributed by atoms with Gasteiger partial charge in [0.05, 0.1) is 39.9 Å². The van der Waals surface area contributed by atoms with E-state index in [0.717, 1.165) is 32.1 Å². The smallest absolute Gasteiger partial charge is 0.268 e. The van der Waals surface area contributed by atoms with Gasteiger partial charge in [-0.2, -0.15) is 0 Å². The van der Waals surface area contributed by atoms with Gasteiger partial charge in [-0.3, -0.25) is 9.36 Å². The van der Waals surface area contributed by atoms with Gasteiger partial charge in [0, 0.05) is 6.42 Å². The SMILES string of the molecule is CCCCCCCC/C=C\C/C=C\CCC(=O)NC(COP(=O)([O-])OCC[N+](C)(C)C)C(O)CCCCCCCCCCCCCCCCC. The predicted molar refractivity (Wildman–Crippen MR) is 210 cm³/mol. The number of carbonyl (C=O) groups is 1. The van der Waals surface area contributed by atoms with E-state index in [0.29, 0.717) is 23.9 Å². The Morgan fingerprint density at radius 3 is 1.66 bits per heavy atom. The molecule has 0 bridgehead atoms. The highest BCUT2D eigenvalue weighted by Gasteiger charge is 2.24. The Kier molecular flexibility index (Phi) is 33.1. The summed E-state index contributed by atoms with van der Waals surface area (Å²) in [5.74, 6) is -0.232. The Hall–Kier alpha value is -1.02. The van der Waals surface area contributed by atoms with Crippen molar-refractivity contribution in [3.05, 3.63) is 24.3 Å². The lowest BCUT2D eigenvalue weighted by Crippen LogP contribution is -2.46. The third kappa shape index (κ3) is 35.4. The lowest BCUT2D eigenvalue weighted by atomic mass is 10.0. The molecular formula is C41H81N2O6P. The molecule has 8 nitrogen and oxygen atoms in total. The number of hydrogen-bond acceptors (Lipinski definition) is 6. The second-order valence-electron chi connectivity index (χ2n) is 15.3. The summed E-state index contributed by atoms with van der Waals surface area (Å²) in [5.41, 5.74) is 0. The van der Waals surface area contributed by atoms with Gasteiger partial charge < -0.3 is 28.8 Å². The van der Waals surface area contributed by atoms with E-state index in [1.165, 1.54) is 116 Å². The molecule has 0 aliphatic heterocycles. The number of quaternary nitrogens is 1. The van der Waals surface area contributed by atoms with Gasteiger partial charge in [0.2, 0.25) is 5.91 Å². The van der Waals surface area contributed by atoms with Gasteiger partial charge in [-0.25, -0.2) is 0 Å². The summed E-state index contributed by atoms with van der Waals surface area (Å²) in [7, 11) is 1.27. The van der Waals surface area contributed by atoms with Crippen molar-refractivity contribution >= 4 is 13.7 Å². The standard InChI is InChI=1S/C41H81N2O6P/c1-6-8-10-12-14-16-18-20-21-23-24-26-28-30-32-34-40(44)39(38-49-50(46,47)48-37-36-43(3,4)5)42-41(45)35-33-31-29-27-25-22-19-17-15-13-11-9-7-2/h22,25,29,31,39-40,44H,6-21,23-24,26-28,30,32-38H2,1-5H3,(H-,42,45,46,47)/b25-22-,31-29-. The molecule has 0 spiro atoms. The van der Waals surface area contributed by atoms with E-state index < -0.39 is 20.0 Å². The van der Waals surface area contributed by atoms with Crippen LogP contribution in [0, 0.1) is 0 Å². The molecule has 0 fully saturated rings. The van der Waals surface area contributed by atoms with Crippen LogP contribution in [0.2, 0.25) is 0 Å². The second-order valence-corrected chi connectivity index (χ2v) is 16.8. The lowest BCUT2D eigenvalue weighted by molar-refractivity contribution is -0.870. The number of phosphoric ester groups is 1. The fraction of sp³-hybridized carbons (Fsp3) is 0.878. The van der Waals surface area contributed by atoms with Crippen molar-refractivity contribution in [3.8, 4) is 0 Å². The first-order valence-electron chi connectivity index (χ1n) is 20.7. The Morgan fingerprint density at radius 2 is 1.16 bits per heavy atom. The van der Waals surface area contributed by atoms with Crippen LogP contribution in [0.25, 0.3) is 0 Å².